The molecule has 4 rings (SSSR count). The quantitative estimate of drug-likeness (QED) is 0.843. The Morgan fingerprint density at radius 3 is 2.32 bits per heavy atom. The normalized spacial score (nSPS) is 20.0. The number of amides is 1. The number of fused-ring (bicyclic) bond motifs is 1. The molecule has 0 spiro atoms. The Morgan fingerprint density at radius 1 is 0.964 bits per heavy atom. The number of sulfonamides is 1. The molecule has 0 aromatic heterocycles. The van der Waals surface area contributed by atoms with Gasteiger partial charge in [-0.25, -0.2) is 13.1 Å². The smallest absolute Gasteiger partial charge is 0.267 e. The van der Waals surface area contributed by atoms with Crippen molar-refractivity contribution in [2.45, 2.75) is 29.9 Å². The summed E-state index contributed by atoms with van der Waals surface area (Å²) in [4.78, 5) is 14.7. The zero-order valence-electron chi connectivity index (χ0n) is 15.3. The Morgan fingerprint density at radius 2 is 1.61 bits per heavy atom. The molecule has 7 nitrogen and oxygen atoms in total. The number of para-hydroxylation sites is 2. The van der Waals surface area contributed by atoms with Gasteiger partial charge in [0.05, 0.1) is 4.90 Å². The standard InChI is InChI=1S/C20H22N2O5S/c23-20(19-14-26-17-8-4-5-9-18(17)27-19)22-12-10-15(11-13-22)21-28(24,25)16-6-2-1-3-7-16/h1-9,15,19,21H,10-14H2/t19-/m1/s1. The molecule has 2 aliphatic rings. The van der Waals surface area contributed by atoms with Crippen molar-refractivity contribution < 1.29 is 22.7 Å². The number of likely N-dealkylation sites (tertiary alicyclic amines) is 1. The minimum Gasteiger partial charge on any atom is -0.485 e. The zero-order valence-corrected chi connectivity index (χ0v) is 16.1. The van der Waals surface area contributed by atoms with E-state index in [0.29, 0.717) is 37.4 Å². The number of rotatable bonds is 4. The molecule has 0 bridgehead atoms. The third-order valence-corrected chi connectivity index (χ3v) is 6.50. The number of benzene rings is 2. The molecular formula is C20H22N2O5S. The number of hydrogen-bond acceptors (Lipinski definition) is 5. The van der Waals surface area contributed by atoms with Crippen molar-refractivity contribution in [2.24, 2.45) is 0 Å². The Kier molecular flexibility index (Phi) is 5.23. The largest absolute Gasteiger partial charge is 0.485 e. The van der Waals surface area contributed by atoms with Crippen LogP contribution in [-0.2, 0) is 14.8 Å². The molecule has 0 aliphatic carbocycles. The molecule has 2 aromatic carbocycles. The second-order valence-corrected chi connectivity index (χ2v) is 8.61. The van der Waals surface area contributed by atoms with Crippen LogP contribution >= 0.6 is 0 Å². The van der Waals surface area contributed by atoms with Crippen molar-refractivity contribution >= 4 is 15.9 Å². The van der Waals surface area contributed by atoms with Gasteiger partial charge in [0, 0.05) is 19.1 Å². The van der Waals surface area contributed by atoms with Gasteiger partial charge in [-0.2, -0.15) is 0 Å². The van der Waals surface area contributed by atoms with Crippen LogP contribution in [0.4, 0.5) is 0 Å². The van der Waals surface area contributed by atoms with Gasteiger partial charge in [-0.1, -0.05) is 30.3 Å². The fraction of sp³-hybridized carbons (Fsp3) is 0.350. The van der Waals surface area contributed by atoms with E-state index < -0.39 is 16.1 Å². The highest BCUT2D eigenvalue weighted by atomic mass is 32.2. The van der Waals surface area contributed by atoms with Crippen LogP contribution in [0.5, 0.6) is 11.5 Å². The van der Waals surface area contributed by atoms with E-state index in [4.69, 9.17) is 9.47 Å². The van der Waals surface area contributed by atoms with Gasteiger partial charge in [0.1, 0.15) is 6.61 Å². The first-order chi connectivity index (χ1) is 13.5. The molecular weight excluding hydrogens is 380 g/mol. The molecule has 28 heavy (non-hydrogen) atoms. The second-order valence-electron chi connectivity index (χ2n) is 6.90. The highest BCUT2D eigenvalue weighted by Crippen LogP contribution is 2.31. The first-order valence-electron chi connectivity index (χ1n) is 9.27. The van der Waals surface area contributed by atoms with E-state index >= 15 is 0 Å². The summed E-state index contributed by atoms with van der Waals surface area (Å²) in [6.45, 7) is 1.13. The lowest BCUT2D eigenvalue weighted by molar-refractivity contribution is -0.142. The zero-order chi connectivity index (χ0) is 19.6. The number of nitrogens with one attached hydrogen (secondary N) is 1. The SMILES string of the molecule is O=C([C@H]1COc2ccccc2O1)N1CCC(NS(=O)(=O)c2ccccc2)CC1. The van der Waals surface area contributed by atoms with Crippen molar-refractivity contribution in [1.29, 1.82) is 0 Å². The third kappa shape index (κ3) is 3.98. The van der Waals surface area contributed by atoms with E-state index in [1.54, 1.807) is 47.4 Å². The molecule has 1 fully saturated rings. The number of ether oxygens (including phenoxy) is 2. The number of hydrogen-bond donors (Lipinski definition) is 1. The summed E-state index contributed by atoms with van der Waals surface area (Å²) in [5, 5.41) is 0. The van der Waals surface area contributed by atoms with Gasteiger partial charge in [0.25, 0.3) is 5.91 Å². The van der Waals surface area contributed by atoms with E-state index in [0.717, 1.165) is 0 Å². The number of carbonyl (C=O) groups is 1. The fourth-order valence-electron chi connectivity index (χ4n) is 3.45. The highest BCUT2D eigenvalue weighted by Gasteiger charge is 2.33. The molecule has 0 saturated carbocycles. The van der Waals surface area contributed by atoms with Crippen LogP contribution < -0.4 is 14.2 Å². The molecule has 1 saturated heterocycles. The maximum Gasteiger partial charge on any atom is 0.267 e. The monoisotopic (exact) mass is 402 g/mol. The molecule has 2 aromatic rings. The van der Waals surface area contributed by atoms with Crippen molar-refractivity contribution in [1.82, 2.24) is 9.62 Å². The number of nitrogens with zero attached hydrogens (tertiary/aromatic N) is 1. The van der Waals surface area contributed by atoms with Crippen molar-refractivity contribution in [3.8, 4) is 11.5 Å². The lowest BCUT2D eigenvalue weighted by Gasteiger charge is -2.35. The molecule has 8 heteroatoms. The molecule has 1 amide bonds. The van der Waals surface area contributed by atoms with Gasteiger partial charge in [-0.05, 0) is 37.1 Å². The van der Waals surface area contributed by atoms with Crippen LogP contribution in [-0.4, -0.2) is 51.1 Å². The summed E-state index contributed by atoms with van der Waals surface area (Å²) in [5.41, 5.74) is 0. The predicted molar refractivity (Wildman–Crippen MR) is 103 cm³/mol. The van der Waals surface area contributed by atoms with Gasteiger partial charge >= 0.3 is 0 Å². The van der Waals surface area contributed by atoms with Crippen molar-refractivity contribution in [3.63, 3.8) is 0 Å². The summed E-state index contributed by atoms with van der Waals surface area (Å²) < 4.78 is 39.0. The van der Waals surface area contributed by atoms with E-state index in [1.165, 1.54) is 0 Å². The van der Waals surface area contributed by atoms with E-state index in [1.807, 2.05) is 12.1 Å². The first kappa shape index (κ1) is 18.8. The molecule has 148 valence electrons. The molecule has 2 heterocycles. The number of carbonyl (C=O) groups excluding carboxylic acids is 1. The number of piperidine rings is 1. The molecule has 0 unspecified atom stereocenters. The summed E-state index contributed by atoms with van der Waals surface area (Å²) >= 11 is 0. The molecule has 0 radical (unpaired) electrons. The molecule has 1 N–H and O–H groups in total. The maximum absolute atomic E-state index is 12.8. The Hall–Kier alpha value is -2.58. The maximum atomic E-state index is 12.8. The van der Waals surface area contributed by atoms with Gasteiger partial charge in [0.15, 0.2) is 11.5 Å². The average molecular weight is 402 g/mol. The molecule has 2 aliphatic heterocycles. The summed E-state index contributed by atoms with van der Waals surface area (Å²) in [6.07, 6.45) is 0.441. The topological polar surface area (TPSA) is 84.9 Å². The highest BCUT2D eigenvalue weighted by molar-refractivity contribution is 7.89. The summed E-state index contributed by atoms with van der Waals surface area (Å²) in [7, 11) is -3.55. The summed E-state index contributed by atoms with van der Waals surface area (Å²) in [6, 6.07) is 15.4. The Balaban J connectivity index is 1.33. The fourth-order valence-corrected chi connectivity index (χ4v) is 4.78. The lowest BCUT2D eigenvalue weighted by atomic mass is 10.1. The van der Waals surface area contributed by atoms with Crippen LogP contribution in [0.1, 0.15) is 12.8 Å². The van der Waals surface area contributed by atoms with Crippen LogP contribution in [0, 0.1) is 0 Å². The van der Waals surface area contributed by atoms with Crippen molar-refractivity contribution in [3.05, 3.63) is 54.6 Å². The minimum absolute atomic E-state index is 0.126. The van der Waals surface area contributed by atoms with Gasteiger partial charge in [0.2, 0.25) is 16.1 Å². The van der Waals surface area contributed by atoms with E-state index in [-0.39, 0.29) is 23.5 Å². The lowest BCUT2D eigenvalue weighted by Crippen LogP contribution is -2.52. The predicted octanol–water partition coefficient (Wildman–Crippen LogP) is 1.80. The van der Waals surface area contributed by atoms with Crippen LogP contribution in [0.3, 0.4) is 0 Å². The van der Waals surface area contributed by atoms with Crippen LogP contribution in [0.15, 0.2) is 59.5 Å². The van der Waals surface area contributed by atoms with Crippen LogP contribution in [0.25, 0.3) is 0 Å². The van der Waals surface area contributed by atoms with Gasteiger partial charge in [-0.15, -0.1) is 0 Å². The molecule has 1 atom stereocenters. The van der Waals surface area contributed by atoms with Gasteiger partial charge < -0.3 is 14.4 Å². The van der Waals surface area contributed by atoms with E-state index in [2.05, 4.69) is 4.72 Å². The van der Waals surface area contributed by atoms with Crippen molar-refractivity contribution in [2.75, 3.05) is 19.7 Å². The van der Waals surface area contributed by atoms with Gasteiger partial charge in [-0.3, -0.25) is 4.79 Å². The van der Waals surface area contributed by atoms with E-state index in [9.17, 15) is 13.2 Å². The Bertz CT molecular complexity index is 940. The first-order valence-corrected chi connectivity index (χ1v) is 10.8. The van der Waals surface area contributed by atoms with Crippen LogP contribution in [0.2, 0.25) is 0 Å². The summed E-state index contributed by atoms with van der Waals surface area (Å²) in [5.74, 6) is 1.08. The third-order valence-electron chi connectivity index (χ3n) is 4.97. The Labute approximate surface area is 164 Å². The second kappa shape index (κ2) is 7.81. The average Bonchev–Trinajstić information content (AvgIpc) is 2.74. The minimum atomic E-state index is -3.55.